The van der Waals surface area contributed by atoms with Crippen LogP contribution in [0.25, 0.3) is 10.9 Å². The maximum Gasteiger partial charge on any atom is 0.260 e. The van der Waals surface area contributed by atoms with E-state index in [1.165, 1.54) is 0 Å². The fourth-order valence-corrected chi connectivity index (χ4v) is 3.90. The quantitative estimate of drug-likeness (QED) is 0.625. The highest BCUT2D eigenvalue weighted by molar-refractivity contribution is 9.10. The Balaban J connectivity index is 1.56. The Bertz CT molecular complexity index is 1030. The Morgan fingerprint density at radius 2 is 2.14 bits per heavy atom. The highest BCUT2D eigenvalue weighted by atomic mass is 79.9. The summed E-state index contributed by atoms with van der Waals surface area (Å²) in [6.45, 7) is 1.88. The van der Waals surface area contributed by atoms with Gasteiger partial charge in [-0.3, -0.25) is 9.78 Å². The number of halogens is 1. The van der Waals surface area contributed by atoms with Crippen LogP contribution in [0.2, 0.25) is 0 Å². The topological polar surface area (TPSA) is 67.5 Å². The zero-order valence-electron chi connectivity index (χ0n) is 15.7. The number of nitrogens with one attached hydrogen (secondary N) is 1. The fourth-order valence-electron chi connectivity index (χ4n) is 3.38. The van der Waals surface area contributed by atoms with Crippen molar-refractivity contribution in [3.05, 3.63) is 62.9 Å². The number of hydrogen-bond donors (Lipinski definition) is 1. The number of para-hydroxylation sites is 2. The number of aromatic nitrogens is 2. The average Bonchev–Trinajstić information content (AvgIpc) is 3.21. The summed E-state index contributed by atoms with van der Waals surface area (Å²) in [6.07, 6.45) is 2.26. The number of rotatable bonds is 6. The van der Waals surface area contributed by atoms with Gasteiger partial charge in [-0.15, -0.1) is 0 Å². The Kier molecular flexibility index (Phi) is 5.64. The molecular weight excluding hydrogens is 422 g/mol. The summed E-state index contributed by atoms with van der Waals surface area (Å²) in [5, 5.41) is 0.586. The largest absolute Gasteiger partial charge is 0.489 e. The first-order valence-corrected chi connectivity index (χ1v) is 10.1. The van der Waals surface area contributed by atoms with Crippen LogP contribution in [0.15, 0.2) is 51.7 Å². The summed E-state index contributed by atoms with van der Waals surface area (Å²) in [7, 11) is 1.90. The van der Waals surface area contributed by atoms with E-state index in [1.807, 2.05) is 48.3 Å². The second kappa shape index (κ2) is 8.32. The van der Waals surface area contributed by atoms with Gasteiger partial charge in [0.25, 0.3) is 5.56 Å². The van der Waals surface area contributed by atoms with Crippen LogP contribution in [-0.2, 0) is 11.3 Å². The summed E-state index contributed by atoms with van der Waals surface area (Å²) in [4.78, 5) is 21.7. The maximum absolute atomic E-state index is 12.4. The molecule has 1 unspecified atom stereocenters. The van der Waals surface area contributed by atoms with Gasteiger partial charge in [-0.1, -0.05) is 24.3 Å². The molecule has 0 spiro atoms. The van der Waals surface area contributed by atoms with E-state index in [2.05, 4.69) is 25.9 Å². The molecule has 0 amide bonds. The molecule has 0 bridgehead atoms. The highest BCUT2D eigenvalue weighted by Crippen LogP contribution is 2.31. The van der Waals surface area contributed by atoms with Crippen LogP contribution in [0, 0.1) is 0 Å². The third-order valence-electron chi connectivity index (χ3n) is 4.86. The predicted octanol–water partition coefficient (Wildman–Crippen LogP) is 3.88. The first-order chi connectivity index (χ1) is 13.6. The summed E-state index contributed by atoms with van der Waals surface area (Å²) in [5.74, 6) is 1.32. The number of ether oxygens (including phenoxy) is 2. The monoisotopic (exact) mass is 443 g/mol. The van der Waals surface area contributed by atoms with Crippen molar-refractivity contribution in [2.24, 2.45) is 0 Å². The van der Waals surface area contributed by atoms with E-state index in [-0.39, 0.29) is 11.7 Å². The number of anilines is 1. The van der Waals surface area contributed by atoms with Gasteiger partial charge in [0.05, 0.1) is 21.5 Å². The molecule has 28 heavy (non-hydrogen) atoms. The molecule has 1 aliphatic rings. The lowest BCUT2D eigenvalue weighted by Gasteiger charge is -2.21. The lowest BCUT2D eigenvalue weighted by Crippen LogP contribution is -2.23. The maximum atomic E-state index is 12.4. The van der Waals surface area contributed by atoms with Gasteiger partial charge >= 0.3 is 0 Å². The molecule has 7 heteroatoms. The van der Waals surface area contributed by atoms with Crippen molar-refractivity contribution in [2.75, 3.05) is 25.2 Å². The van der Waals surface area contributed by atoms with E-state index < -0.39 is 0 Å². The van der Waals surface area contributed by atoms with Crippen LogP contribution in [0.5, 0.6) is 5.75 Å². The molecule has 0 aliphatic carbocycles. The highest BCUT2D eigenvalue weighted by Gasteiger charge is 2.19. The van der Waals surface area contributed by atoms with E-state index >= 15 is 0 Å². The van der Waals surface area contributed by atoms with Crippen molar-refractivity contribution in [3.63, 3.8) is 0 Å². The van der Waals surface area contributed by atoms with Crippen LogP contribution in [0.1, 0.15) is 18.4 Å². The second-order valence-electron chi connectivity index (χ2n) is 6.94. The molecule has 1 N–H and O–H groups in total. The van der Waals surface area contributed by atoms with E-state index in [9.17, 15) is 4.79 Å². The van der Waals surface area contributed by atoms with Crippen molar-refractivity contribution in [1.82, 2.24) is 9.97 Å². The van der Waals surface area contributed by atoms with Gasteiger partial charge < -0.3 is 14.4 Å². The molecular formula is C21H22BrN3O3. The molecule has 1 saturated heterocycles. The van der Waals surface area contributed by atoms with E-state index in [0.717, 1.165) is 35.2 Å². The zero-order chi connectivity index (χ0) is 19.5. The zero-order valence-corrected chi connectivity index (χ0v) is 17.2. The lowest BCUT2D eigenvalue weighted by molar-refractivity contribution is 0.0673. The molecule has 1 aromatic heterocycles. The molecule has 0 radical (unpaired) electrons. The number of hydrogen-bond acceptors (Lipinski definition) is 5. The number of fused-ring (bicyclic) bond motifs is 1. The number of aromatic amines is 1. The third kappa shape index (κ3) is 4.05. The molecule has 146 valence electrons. The number of nitrogens with zero attached hydrogens (tertiary/aromatic N) is 2. The number of benzene rings is 2. The van der Waals surface area contributed by atoms with Gasteiger partial charge in [0.15, 0.2) is 0 Å². The Morgan fingerprint density at radius 3 is 2.96 bits per heavy atom. The summed E-state index contributed by atoms with van der Waals surface area (Å²) >= 11 is 3.59. The Morgan fingerprint density at radius 1 is 1.29 bits per heavy atom. The van der Waals surface area contributed by atoms with Crippen molar-refractivity contribution >= 4 is 32.8 Å². The van der Waals surface area contributed by atoms with Gasteiger partial charge in [0.1, 0.15) is 12.4 Å². The first kappa shape index (κ1) is 19.0. The lowest BCUT2D eigenvalue weighted by atomic mass is 10.2. The standard InChI is InChI=1S/C21H22BrN3O3/c1-25(21-23-18-10-3-2-8-16(18)20(26)24-21)12-14-6-4-9-17(22)19(14)28-13-15-7-5-11-27-15/h2-4,6,8-10,15H,5,7,11-13H2,1H3,(H,23,24,26). The predicted molar refractivity (Wildman–Crippen MR) is 113 cm³/mol. The molecule has 1 fully saturated rings. The normalized spacial score (nSPS) is 16.4. The van der Waals surface area contributed by atoms with Gasteiger partial charge in [-0.25, -0.2) is 4.98 Å². The van der Waals surface area contributed by atoms with Crippen molar-refractivity contribution in [3.8, 4) is 5.75 Å². The molecule has 2 heterocycles. The third-order valence-corrected chi connectivity index (χ3v) is 5.48. The van der Waals surface area contributed by atoms with Gasteiger partial charge in [0.2, 0.25) is 5.95 Å². The Hall–Kier alpha value is -2.38. The minimum Gasteiger partial charge on any atom is -0.489 e. The van der Waals surface area contributed by atoms with E-state index in [0.29, 0.717) is 30.0 Å². The number of H-pyrrole nitrogens is 1. The molecule has 1 aliphatic heterocycles. The van der Waals surface area contributed by atoms with Gasteiger partial charge in [-0.05, 0) is 47.0 Å². The van der Waals surface area contributed by atoms with Crippen molar-refractivity contribution in [1.29, 1.82) is 0 Å². The molecule has 3 aromatic rings. The minimum atomic E-state index is -0.142. The average molecular weight is 444 g/mol. The Labute approximate surface area is 171 Å². The molecule has 1 atom stereocenters. The van der Waals surface area contributed by atoms with Crippen LogP contribution in [0.4, 0.5) is 5.95 Å². The van der Waals surface area contributed by atoms with Crippen LogP contribution < -0.4 is 15.2 Å². The summed E-state index contributed by atoms with van der Waals surface area (Å²) < 4.78 is 12.6. The van der Waals surface area contributed by atoms with E-state index in [1.54, 1.807) is 6.07 Å². The van der Waals surface area contributed by atoms with Crippen LogP contribution >= 0.6 is 15.9 Å². The first-order valence-electron chi connectivity index (χ1n) is 9.34. The fraction of sp³-hybridized carbons (Fsp3) is 0.333. The van der Waals surface area contributed by atoms with Crippen molar-refractivity contribution in [2.45, 2.75) is 25.5 Å². The molecule has 0 saturated carbocycles. The van der Waals surface area contributed by atoms with Crippen molar-refractivity contribution < 1.29 is 9.47 Å². The summed E-state index contributed by atoms with van der Waals surface area (Å²) in [5.41, 5.74) is 1.54. The second-order valence-corrected chi connectivity index (χ2v) is 7.79. The van der Waals surface area contributed by atoms with Gasteiger partial charge in [0, 0.05) is 25.8 Å². The molecule has 4 rings (SSSR count). The smallest absolute Gasteiger partial charge is 0.260 e. The minimum absolute atomic E-state index is 0.142. The van der Waals surface area contributed by atoms with E-state index in [4.69, 9.17) is 9.47 Å². The molecule has 6 nitrogen and oxygen atoms in total. The van der Waals surface area contributed by atoms with Crippen LogP contribution in [0.3, 0.4) is 0 Å². The van der Waals surface area contributed by atoms with Gasteiger partial charge in [-0.2, -0.15) is 0 Å². The van der Waals surface area contributed by atoms with Crippen LogP contribution in [-0.4, -0.2) is 36.3 Å². The summed E-state index contributed by atoms with van der Waals surface area (Å²) in [6, 6.07) is 13.3. The SMILES string of the molecule is CN(Cc1cccc(Br)c1OCC1CCCO1)c1nc2ccccc2c(=O)[nH]1. The molecule has 2 aromatic carbocycles.